The van der Waals surface area contributed by atoms with Crippen LogP contribution in [0, 0.1) is 0 Å². The first-order valence-corrected chi connectivity index (χ1v) is 6.00. The predicted molar refractivity (Wildman–Crippen MR) is 64.6 cm³/mol. The van der Waals surface area contributed by atoms with Crippen LogP contribution in [-0.4, -0.2) is 70.5 Å². The molecule has 0 spiro atoms. The van der Waals surface area contributed by atoms with Gasteiger partial charge in [-0.15, -0.1) is 0 Å². The van der Waals surface area contributed by atoms with Gasteiger partial charge >= 0.3 is 5.97 Å². The van der Waals surface area contributed by atoms with E-state index in [-0.39, 0.29) is 13.2 Å². The van der Waals surface area contributed by atoms with Crippen molar-refractivity contribution < 1.29 is 28.8 Å². The van der Waals surface area contributed by atoms with Crippen LogP contribution < -0.4 is 5.73 Å². The van der Waals surface area contributed by atoms with Crippen molar-refractivity contribution >= 4 is 5.97 Å². The van der Waals surface area contributed by atoms with Crippen molar-refractivity contribution in [3.63, 3.8) is 0 Å². The first-order valence-electron chi connectivity index (χ1n) is 6.00. The van der Waals surface area contributed by atoms with Gasteiger partial charge in [-0.1, -0.05) is 0 Å². The van der Waals surface area contributed by atoms with Crippen molar-refractivity contribution in [2.45, 2.75) is 6.42 Å². The Morgan fingerprint density at radius 2 is 1.28 bits per heavy atom. The van der Waals surface area contributed by atoms with Crippen LogP contribution in [0.25, 0.3) is 0 Å². The van der Waals surface area contributed by atoms with E-state index in [2.05, 4.69) is 0 Å². The van der Waals surface area contributed by atoms with Gasteiger partial charge in [0, 0.05) is 6.61 Å². The van der Waals surface area contributed by atoms with Gasteiger partial charge in [-0.25, -0.2) is 4.79 Å². The fourth-order valence-corrected chi connectivity index (χ4v) is 1.00. The third kappa shape index (κ3) is 15.3. The molecule has 0 bridgehead atoms. The molecule has 0 aromatic carbocycles. The van der Waals surface area contributed by atoms with E-state index < -0.39 is 5.97 Å². The Hall–Kier alpha value is -0.730. The highest BCUT2D eigenvalue weighted by Gasteiger charge is 1.96. The second-order valence-electron chi connectivity index (χ2n) is 3.43. The highest BCUT2D eigenvalue weighted by atomic mass is 16.6. The maximum atomic E-state index is 10.1. The first kappa shape index (κ1) is 17.3. The second-order valence-corrected chi connectivity index (χ2v) is 3.43. The molecule has 3 N–H and O–H groups in total. The molecule has 18 heavy (non-hydrogen) atoms. The minimum Gasteiger partial charge on any atom is -0.480 e. The molecule has 0 saturated carbocycles. The third-order valence-electron chi connectivity index (χ3n) is 1.83. The predicted octanol–water partition coefficient (Wildman–Crippen LogP) is -0.514. The van der Waals surface area contributed by atoms with Crippen LogP contribution in [0.1, 0.15) is 6.42 Å². The van der Waals surface area contributed by atoms with E-state index in [1.54, 1.807) is 0 Å². The van der Waals surface area contributed by atoms with E-state index in [1.807, 2.05) is 0 Å². The molecule has 0 radical (unpaired) electrons. The number of hydrogen-bond acceptors (Lipinski definition) is 6. The maximum absolute atomic E-state index is 10.1. The van der Waals surface area contributed by atoms with Crippen LogP contribution in [0.2, 0.25) is 0 Å². The third-order valence-corrected chi connectivity index (χ3v) is 1.83. The van der Waals surface area contributed by atoms with Crippen LogP contribution in [0.5, 0.6) is 0 Å². The summed E-state index contributed by atoms with van der Waals surface area (Å²) in [6, 6.07) is 0. The molecule has 0 aromatic heterocycles. The second kappa shape index (κ2) is 14.3. The zero-order chi connectivity index (χ0) is 13.5. The monoisotopic (exact) mass is 265 g/mol. The van der Waals surface area contributed by atoms with Gasteiger partial charge in [0.2, 0.25) is 0 Å². The molecular weight excluding hydrogens is 242 g/mol. The number of carbonyl (C=O) groups is 1. The van der Waals surface area contributed by atoms with Crippen molar-refractivity contribution in [2.75, 3.05) is 59.4 Å². The maximum Gasteiger partial charge on any atom is 0.329 e. The fraction of sp³-hybridized carbons (Fsp3) is 0.909. The van der Waals surface area contributed by atoms with Gasteiger partial charge in [-0.2, -0.15) is 0 Å². The molecular formula is C11H23NO6. The minimum atomic E-state index is -0.979. The van der Waals surface area contributed by atoms with Crippen molar-refractivity contribution in [3.8, 4) is 0 Å². The Kier molecular flexibility index (Phi) is 13.8. The lowest BCUT2D eigenvalue weighted by Gasteiger charge is -2.06. The van der Waals surface area contributed by atoms with E-state index in [0.29, 0.717) is 46.2 Å². The molecule has 0 aliphatic heterocycles. The summed E-state index contributed by atoms with van der Waals surface area (Å²) in [5.41, 5.74) is 5.30. The summed E-state index contributed by atoms with van der Waals surface area (Å²) in [5.74, 6) is -0.979. The van der Waals surface area contributed by atoms with Crippen molar-refractivity contribution in [2.24, 2.45) is 5.73 Å². The summed E-state index contributed by atoms with van der Waals surface area (Å²) >= 11 is 0. The molecule has 0 heterocycles. The number of hydrogen-bond donors (Lipinski definition) is 2. The number of carboxylic acid groups (broad SMARTS) is 1. The molecule has 0 rings (SSSR count). The Balaban J connectivity index is 2.92. The zero-order valence-corrected chi connectivity index (χ0v) is 10.6. The van der Waals surface area contributed by atoms with Crippen LogP contribution in [0.15, 0.2) is 0 Å². The van der Waals surface area contributed by atoms with Gasteiger partial charge in [0.25, 0.3) is 0 Å². The highest BCUT2D eigenvalue weighted by molar-refractivity contribution is 5.67. The van der Waals surface area contributed by atoms with E-state index in [9.17, 15) is 4.79 Å². The Morgan fingerprint density at radius 3 is 1.72 bits per heavy atom. The lowest BCUT2D eigenvalue weighted by molar-refractivity contribution is -0.142. The normalized spacial score (nSPS) is 10.7. The molecule has 0 saturated heterocycles. The molecule has 7 heteroatoms. The number of nitrogens with two attached hydrogens (primary N) is 1. The molecule has 0 fully saturated rings. The van der Waals surface area contributed by atoms with Gasteiger partial charge in [0.1, 0.15) is 6.61 Å². The summed E-state index contributed by atoms with van der Waals surface area (Å²) in [7, 11) is 0. The number of carboxylic acids is 1. The van der Waals surface area contributed by atoms with Crippen molar-refractivity contribution in [3.05, 3.63) is 0 Å². The summed E-state index contributed by atoms with van der Waals surface area (Å²) in [5, 5.41) is 8.29. The van der Waals surface area contributed by atoms with Gasteiger partial charge in [0.15, 0.2) is 0 Å². The average Bonchev–Trinajstić information content (AvgIpc) is 2.34. The molecule has 0 amide bonds. The summed E-state index contributed by atoms with van der Waals surface area (Å²) in [4.78, 5) is 10.1. The number of aliphatic carboxylic acids is 1. The quantitative estimate of drug-likeness (QED) is 0.408. The van der Waals surface area contributed by atoms with Crippen molar-refractivity contribution in [1.29, 1.82) is 0 Å². The Morgan fingerprint density at radius 1 is 0.833 bits per heavy atom. The van der Waals surface area contributed by atoms with Gasteiger partial charge in [0.05, 0.1) is 39.6 Å². The SMILES string of the molecule is NCCCOCCOCCOCCOCC(=O)O. The first-order chi connectivity index (χ1) is 8.77. The lowest BCUT2D eigenvalue weighted by Crippen LogP contribution is -2.14. The van der Waals surface area contributed by atoms with Gasteiger partial charge in [-0.05, 0) is 13.0 Å². The Bertz CT molecular complexity index is 190. The highest BCUT2D eigenvalue weighted by Crippen LogP contribution is 1.84. The van der Waals surface area contributed by atoms with Gasteiger partial charge in [-0.3, -0.25) is 0 Å². The molecule has 7 nitrogen and oxygen atoms in total. The van der Waals surface area contributed by atoms with Crippen LogP contribution in [0.3, 0.4) is 0 Å². The molecule has 108 valence electrons. The molecule has 0 unspecified atom stereocenters. The summed E-state index contributed by atoms with van der Waals surface area (Å²) < 4.78 is 20.4. The minimum absolute atomic E-state index is 0.272. The fourth-order valence-electron chi connectivity index (χ4n) is 1.00. The largest absolute Gasteiger partial charge is 0.480 e. The van der Waals surface area contributed by atoms with Gasteiger partial charge < -0.3 is 29.8 Å². The van der Waals surface area contributed by atoms with E-state index in [4.69, 9.17) is 29.8 Å². The molecule has 0 aliphatic rings. The number of ether oxygens (including phenoxy) is 4. The Labute approximate surface area is 107 Å². The van der Waals surface area contributed by atoms with E-state index >= 15 is 0 Å². The summed E-state index contributed by atoms with van der Waals surface area (Å²) in [6.45, 7) is 3.68. The average molecular weight is 265 g/mol. The van der Waals surface area contributed by atoms with E-state index in [0.717, 1.165) is 6.42 Å². The number of rotatable bonds is 14. The molecule has 0 aliphatic carbocycles. The lowest BCUT2D eigenvalue weighted by atomic mass is 10.5. The van der Waals surface area contributed by atoms with Crippen LogP contribution >= 0.6 is 0 Å². The van der Waals surface area contributed by atoms with E-state index in [1.165, 1.54) is 0 Å². The standard InChI is InChI=1S/C11H23NO6/c12-2-1-3-15-4-5-16-6-7-17-8-9-18-10-11(13)14/h1-10,12H2,(H,13,14). The topological polar surface area (TPSA) is 100 Å². The summed E-state index contributed by atoms with van der Waals surface area (Å²) in [6.07, 6.45) is 0.861. The van der Waals surface area contributed by atoms with Crippen LogP contribution in [0.4, 0.5) is 0 Å². The smallest absolute Gasteiger partial charge is 0.329 e. The van der Waals surface area contributed by atoms with Crippen LogP contribution in [-0.2, 0) is 23.7 Å². The zero-order valence-electron chi connectivity index (χ0n) is 10.6. The van der Waals surface area contributed by atoms with Crippen molar-refractivity contribution in [1.82, 2.24) is 0 Å². The molecule has 0 aromatic rings. The molecule has 0 atom stereocenters.